The van der Waals surface area contributed by atoms with Crippen molar-refractivity contribution >= 4 is 46.3 Å². The largest absolute Gasteiger partial charge is 0.377 e. The first kappa shape index (κ1) is 24.5. The van der Waals surface area contributed by atoms with Crippen molar-refractivity contribution in [1.29, 1.82) is 0 Å². The number of hydrogen-bond donors (Lipinski definition) is 2. The smallest absolute Gasteiger partial charge is 0.191 e. The fourth-order valence-electron chi connectivity index (χ4n) is 3.17. The Kier molecular flexibility index (Phi) is 12.3. The molecule has 1 saturated heterocycles. The van der Waals surface area contributed by atoms with Crippen LogP contribution in [0.4, 0.5) is 5.00 Å². The lowest BCUT2D eigenvalue weighted by Gasteiger charge is -2.33. The number of guanidine groups is 1. The molecule has 2 heterocycles. The molecule has 2 N–H and O–H groups in total. The SMILES string of the molecule is CCOC(CCN(C)C)CNC(=NC)NC1CCN(c2cccs2)CC1.I. The lowest BCUT2D eigenvalue weighted by molar-refractivity contribution is 0.0547. The van der Waals surface area contributed by atoms with Gasteiger partial charge in [-0.15, -0.1) is 35.3 Å². The summed E-state index contributed by atoms with van der Waals surface area (Å²) in [4.78, 5) is 9.07. The quantitative estimate of drug-likeness (QED) is 0.305. The van der Waals surface area contributed by atoms with Gasteiger partial charge in [0.15, 0.2) is 5.96 Å². The molecule has 1 unspecified atom stereocenters. The molecule has 0 spiro atoms. The van der Waals surface area contributed by atoms with Crippen LogP contribution in [0.3, 0.4) is 0 Å². The van der Waals surface area contributed by atoms with Crippen LogP contribution in [0.1, 0.15) is 26.2 Å². The molecule has 156 valence electrons. The molecule has 1 aliphatic heterocycles. The van der Waals surface area contributed by atoms with E-state index in [4.69, 9.17) is 4.74 Å². The molecule has 0 aromatic carbocycles. The number of anilines is 1. The number of thiophene rings is 1. The van der Waals surface area contributed by atoms with Crippen molar-refractivity contribution in [3.05, 3.63) is 17.5 Å². The fraction of sp³-hybridized carbons (Fsp3) is 0.737. The van der Waals surface area contributed by atoms with Gasteiger partial charge in [-0.05, 0) is 57.8 Å². The van der Waals surface area contributed by atoms with Crippen molar-refractivity contribution in [2.24, 2.45) is 4.99 Å². The molecule has 0 aliphatic carbocycles. The Bertz CT molecular complexity index is 518. The summed E-state index contributed by atoms with van der Waals surface area (Å²) in [5.74, 6) is 0.883. The van der Waals surface area contributed by atoms with Crippen LogP contribution in [0.15, 0.2) is 22.5 Å². The molecule has 1 aromatic rings. The fourth-order valence-corrected chi connectivity index (χ4v) is 3.96. The van der Waals surface area contributed by atoms with Gasteiger partial charge < -0.3 is 25.2 Å². The lowest BCUT2D eigenvalue weighted by Crippen LogP contribution is -2.50. The van der Waals surface area contributed by atoms with Crippen LogP contribution in [-0.4, -0.2) is 76.9 Å². The summed E-state index contributed by atoms with van der Waals surface area (Å²) < 4.78 is 5.86. The molecule has 6 nitrogen and oxygen atoms in total. The summed E-state index contributed by atoms with van der Waals surface area (Å²) in [7, 11) is 6.03. The minimum Gasteiger partial charge on any atom is -0.377 e. The monoisotopic (exact) mass is 509 g/mol. The first-order valence-corrected chi connectivity index (χ1v) is 10.5. The number of halogens is 1. The van der Waals surface area contributed by atoms with Gasteiger partial charge in [-0.1, -0.05) is 0 Å². The summed E-state index contributed by atoms with van der Waals surface area (Å²) in [6, 6.07) is 4.81. The number of hydrogen-bond acceptors (Lipinski definition) is 5. The predicted molar refractivity (Wildman–Crippen MR) is 128 cm³/mol. The number of nitrogens with one attached hydrogen (secondary N) is 2. The van der Waals surface area contributed by atoms with E-state index in [1.165, 1.54) is 5.00 Å². The Balaban J connectivity index is 0.00000364. The van der Waals surface area contributed by atoms with E-state index in [9.17, 15) is 0 Å². The van der Waals surface area contributed by atoms with Gasteiger partial charge in [0, 0.05) is 45.9 Å². The van der Waals surface area contributed by atoms with E-state index >= 15 is 0 Å². The number of piperidine rings is 1. The summed E-state index contributed by atoms with van der Waals surface area (Å²) in [6.07, 6.45) is 3.49. The van der Waals surface area contributed by atoms with Gasteiger partial charge in [0.2, 0.25) is 0 Å². The molecule has 0 amide bonds. The Morgan fingerprint density at radius 1 is 1.41 bits per heavy atom. The number of aliphatic imine (C=N–C) groups is 1. The molecule has 1 atom stereocenters. The first-order valence-electron chi connectivity index (χ1n) is 9.64. The minimum atomic E-state index is 0. The molecule has 8 heteroatoms. The molecular weight excluding hydrogens is 473 g/mol. The second-order valence-electron chi connectivity index (χ2n) is 6.98. The van der Waals surface area contributed by atoms with Gasteiger partial charge in [-0.25, -0.2) is 0 Å². The predicted octanol–water partition coefficient (Wildman–Crippen LogP) is 2.86. The van der Waals surface area contributed by atoms with Gasteiger partial charge in [-0.2, -0.15) is 0 Å². The Labute approximate surface area is 185 Å². The number of ether oxygens (including phenoxy) is 1. The maximum absolute atomic E-state index is 5.86. The summed E-state index contributed by atoms with van der Waals surface area (Å²) in [6.45, 7) is 6.80. The van der Waals surface area contributed by atoms with Crippen LogP contribution in [0.2, 0.25) is 0 Å². The van der Waals surface area contributed by atoms with Crippen molar-refractivity contribution in [3.63, 3.8) is 0 Å². The van der Waals surface area contributed by atoms with Crippen LogP contribution >= 0.6 is 35.3 Å². The molecule has 0 saturated carbocycles. The zero-order valence-electron chi connectivity index (χ0n) is 17.1. The third-order valence-electron chi connectivity index (χ3n) is 4.68. The highest BCUT2D eigenvalue weighted by Crippen LogP contribution is 2.24. The Hall–Kier alpha value is -0.580. The first-order chi connectivity index (χ1) is 12.6. The summed E-state index contributed by atoms with van der Waals surface area (Å²) in [5, 5.41) is 10.6. The summed E-state index contributed by atoms with van der Waals surface area (Å²) in [5.41, 5.74) is 0. The van der Waals surface area contributed by atoms with E-state index in [0.29, 0.717) is 6.04 Å². The van der Waals surface area contributed by atoms with Crippen LogP contribution < -0.4 is 15.5 Å². The average molecular weight is 510 g/mol. The lowest BCUT2D eigenvalue weighted by atomic mass is 10.1. The molecule has 1 fully saturated rings. The molecular formula is C19H36IN5OS. The highest BCUT2D eigenvalue weighted by atomic mass is 127. The molecule has 27 heavy (non-hydrogen) atoms. The molecule has 1 aliphatic rings. The van der Waals surface area contributed by atoms with Crippen molar-refractivity contribution in [2.75, 3.05) is 58.8 Å². The third-order valence-corrected chi connectivity index (χ3v) is 5.60. The van der Waals surface area contributed by atoms with Gasteiger partial charge >= 0.3 is 0 Å². The maximum atomic E-state index is 5.86. The number of nitrogens with zero attached hydrogens (tertiary/aromatic N) is 3. The van der Waals surface area contributed by atoms with E-state index in [-0.39, 0.29) is 30.1 Å². The summed E-state index contributed by atoms with van der Waals surface area (Å²) >= 11 is 1.82. The third kappa shape index (κ3) is 8.97. The van der Waals surface area contributed by atoms with Gasteiger partial charge in [0.25, 0.3) is 0 Å². The van der Waals surface area contributed by atoms with E-state index in [2.05, 4.69) is 64.0 Å². The standard InChI is InChI=1S/C19H35N5OS.HI/c1-5-25-17(10-11-23(3)4)15-21-19(20-2)22-16-8-12-24(13-9-16)18-7-6-14-26-18;/h6-7,14,16-17H,5,8-13,15H2,1-4H3,(H2,20,21,22);1H. The Morgan fingerprint density at radius 2 is 2.15 bits per heavy atom. The molecule has 0 bridgehead atoms. The topological polar surface area (TPSA) is 52.1 Å². The molecule has 1 aromatic heterocycles. The maximum Gasteiger partial charge on any atom is 0.191 e. The molecule has 2 rings (SSSR count). The van der Waals surface area contributed by atoms with E-state index in [1.54, 1.807) is 0 Å². The van der Waals surface area contributed by atoms with Gasteiger partial charge in [0.05, 0.1) is 11.1 Å². The van der Waals surface area contributed by atoms with Gasteiger partial charge in [0.1, 0.15) is 0 Å². The minimum absolute atomic E-state index is 0. The van der Waals surface area contributed by atoms with Gasteiger partial charge in [-0.3, -0.25) is 4.99 Å². The van der Waals surface area contributed by atoms with Crippen molar-refractivity contribution in [1.82, 2.24) is 15.5 Å². The highest BCUT2D eigenvalue weighted by Gasteiger charge is 2.21. The van der Waals surface area contributed by atoms with Crippen LogP contribution in [0, 0.1) is 0 Å². The average Bonchev–Trinajstić information content (AvgIpc) is 3.18. The van der Waals surface area contributed by atoms with Crippen LogP contribution in [0.5, 0.6) is 0 Å². The van der Waals surface area contributed by atoms with Crippen LogP contribution in [0.25, 0.3) is 0 Å². The Morgan fingerprint density at radius 3 is 2.70 bits per heavy atom. The van der Waals surface area contributed by atoms with E-state index in [0.717, 1.165) is 58.0 Å². The zero-order chi connectivity index (χ0) is 18.8. The highest BCUT2D eigenvalue weighted by molar-refractivity contribution is 14.0. The van der Waals surface area contributed by atoms with Crippen molar-refractivity contribution in [2.45, 2.75) is 38.3 Å². The second-order valence-corrected chi connectivity index (χ2v) is 7.91. The van der Waals surface area contributed by atoms with Crippen molar-refractivity contribution < 1.29 is 4.74 Å². The molecule has 0 radical (unpaired) electrons. The number of rotatable bonds is 9. The van der Waals surface area contributed by atoms with Crippen molar-refractivity contribution in [3.8, 4) is 0 Å². The normalized spacial score (nSPS) is 16.9. The van der Waals surface area contributed by atoms with E-state index < -0.39 is 0 Å². The zero-order valence-corrected chi connectivity index (χ0v) is 20.3. The second kappa shape index (κ2) is 13.6. The van der Waals surface area contributed by atoms with E-state index in [1.807, 2.05) is 18.4 Å². The van der Waals surface area contributed by atoms with Crippen LogP contribution in [-0.2, 0) is 4.74 Å².